The van der Waals surface area contributed by atoms with Crippen molar-refractivity contribution in [3.63, 3.8) is 0 Å². The second kappa shape index (κ2) is 9.51. The van der Waals surface area contributed by atoms with Gasteiger partial charge in [-0.25, -0.2) is 0 Å². The maximum absolute atomic E-state index is 12.7. The minimum absolute atomic E-state index is 0.116. The van der Waals surface area contributed by atoms with Crippen molar-refractivity contribution in [1.82, 2.24) is 9.97 Å². The van der Waals surface area contributed by atoms with Gasteiger partial charge in [0.05, 0.1) is 0 Å². The minimum atomic E-state index is -0.240. The lowest BCUT2D eigenvalue weighted by molar-refractivity contribution is -0.121. The van der Waals surface area contributed by atoms with Crippen LogP contribution >= 0.6 is 0 Å². The van der Waals surface area contributed by atoms with Crippen LogP contribution in [-0.4, -0.2) is 21.8 Å². The summed E-state index contributed by atoms with van der Waals surface area (Å²) in [5.41, 5.74) is 4.90. The Hall–Kier alpha value is -3.93. The highest BCUT2D eigenvalue weighted by atomic mass is 16.2. The Kier molecular flexibility index (Phi) is 6.12. The second-order valence-corrected chi connectivity index (χ2v) is 9.18. The van der Waals surface area contributed by atoms with E-state index in [1.807, 2.05) is 42.5 Å². The van der Waals surface area contributed by atoms with Crippen molar-refractivity contribution >= 4 is 34.1 Å². The zero-order valence-electron chi connectivity index (χ0n) is 19.2. The van der Waals surface area contributed by atoms with Crippen LogP contribution in [0.15, 0.2) is 72.9 Å². The molecule has 6 heteroatoms. The fourth-order valence-electron chi connectivity index (χ4n) is 4.56. The summed E-state index contributed by atoms with van der Waals surface area (Å²) in [6.45, 7) is 2.26. The second-order valence-electron chi connectivity index (χ2n) is 9.18. The van der Waals surface area contributed by atoms with E-state index in [1.165, 1.54) is 0 Å². The number of hydrogen-bond donors (Lipinski definition) is 3. The molecule has 0 unspecified atom stereocenters. The number of pyridine rings is 1. The summed E-state index contributed by atoms with van der Waals surface area (Å²) in [7, 11) is 0. The van der Waals surface area contributed by atoms with Crippen molar-refractivity contribution in [1.29, 1.82) is 0 Å². The fraction of sp³-hybridized carbons (Fsp3) is 0.250. The summed E-state index contributed by atoms with van der Waals surface area (Å²) in [4.78, 5) is 32.5. The van der Waals surface area contributed by atoms with Crippen LogP contribution in [0.1, 0.15) is 43.1 Å². The first kappa shape index (κ1) is 21.9. The van der Waals surface area contributed by atoms with Crippen molar-refractivity contribution in [2.75, 3.05) is 10.6 Å². The third-order valence-electron chi connectivity index (χ3n) is 6.63. The zero-order chi connectivity index (χ0) is 23.5. The summed E-state index contributed by atoms with van der Waals surface area (Å²) in [5.74, 6) is 0.733. The van der Waals surface area contributed by atoms with Crippen LogP contribution < -0.4 is 10.6 Å². The number of carbonyl (C=O) groups excluding carboxylic acids is 2. The first-order valence-electron chi connectivity index (χ1n) is 11.8. The molecule has 3 N–H and O–H groups in total. The highest BCUT2D eigenvalue weighted by molar-refractivity contribution is 6.03. The molecule has 0 atom stereocenters. The molecule has 1 aliphatic rings. The summed E-state index contributed by atoms with van der Waals surface area (Å²) < 4.78 is 0. The van der Waals surface area contributed by atoms with Gasteiger partial charge in [0.2, 0.25) is 5.91 Å². The number of benzene rings is 2. The van der Waals surface area contributed by atoms with Crippen molar-refractivity contribution < 1.29 is 9.59 Å². The number of rotatable bonds is 5. The average Bonchev–Trinajstić information content (AvgIpc) is 3.29. The fourth-order valence-corrected chi connectivity index (χ4v) is 4.56. The van der Waals surface area contributed by atoms with Crippen molar-refractivity contribution in [2.45, 2.75) is 32.6 Å². The summed E-state index contributed by atoms with van der Waals surface area (Å²) in [5, 5.41) is 7.01. The number of aromatic amines is 1. The van der Waals surface area contributed by atoms with Gasteiger partial charge in [-0.05, 0) is 85.7 Å². The number of carbonyl (C=O) groups is 2. The maximum atomic E-state index is 12.7. The first-order chi connectivity index (χ1) is 16.5. The summed E-state index contributed by atoms with van der Waals surface area (Å²) >= 11 is 0. The lowest BCUT2D eigenvalue weighted by Crippen LogP contribution is -2.26. The Balaban J connectivity index is 1.27. The van der Waals surface area contributed by atoms with Gasteiger partial charge in [-0.3, -0.25) is 14.6 Å². The van der Waals surface area contributed by atoms with E-state index in [1.54, 1.807) is 24.4 Å². The molecule has 172 valence electrons. The smallest absolute Gasteiger partial charge is 0.274 e. The van der Waals surface area contributed by atoms with Crippen LogP contribution in [0, 0.1) is 11.8 Å². The van der Waals surface area contributed by atoms with Crippen LogP contribution in [0.25, 0.3) is 22.2 Å². The Morgan fingerprint density at radius 1 is 0.882 bits per heavy atom. The lowest BCUT2D eigenvalue weighted by Gasteiger charge is -2.25. The van der Waals surface area contributed by atoms with Crippen LogP contribution in [0.4, 0.5) is 11.4 Å². The van der Waals surface area contributed by atoms with E-state index in [9.17, 15) is 9.59 Å². The van der Waals surface area contributed by atoms with Gasteiger partial charge >= 0.3 is 0 Å². The van der Waals surface area contributed by atoms with Crippen molar-refractivity contribution in [3.8, 4) is 11.3 Å². The van der Waals surface area contributed by atoms with E-state index in [-0.39, 0.29) is 17.7 Å². The van der Waals surface area contributed by atoms with Crippen LogP contribution in [0.5, 0.6) is 0 Å². The van der Waals surface area contributed by atoms with Gasteiger partial charge in [-0.15, -0.1) is 0 Å². The van der Waals surface area contributed by atoms with Gasteiger partial charge in [0, 0.05) is 40.1 Å². The quantitative estimate of drug-likeness (QED) is 0.335. The number of amides is 2. The Morgan fingerprint density at radius 3 is 2.38 bits per heavy atom. The molecule has 1 fully saturated rings. The topological polar surface area (TPSA) is 86.9 Å². The minimum Gasteiger partial charge on any atom is -0.355 e. The van der Waals surface area contributed by atoms with Gasteiger partial charge in [-0.2, -0.15) is 0 Å². The zero-order valence-corrected chi connectivity index (χ0v) is 19.2. The molecule has 2 aromatic carbocycles. The predicted molar refractivity (Wildman–Crippen MR) is 136 cm³/mol. The molecule has 0 radical (unpaired) electrons. The van der Waals surface area contributed by atoms with Gasteiger partial charge in [-0.1, -0.05) is 25.1 Å². The van der Waals surface area contributed by atoms with E-state index in [4.69, 9.17) is 0 Å². The molecule has 0 aliphatic heterocycles. The molecule has 0 bridgehead atoms. The standard InChI is InChI=1S/C28H28N4O2/c1-18-5-7-20(8-6-18)27(33)31-23-13-14-24-21(16-23)17-26(32-24)19-9-11-22(12-10-19)30-28(34)25-4-2-3-15-29-25/h2-4,9-18,20,32H,5-8H2,1H3,(H,30,34)(H,31,33). The highest BCUT2D eigenvalue weighted by Crippen LogP contribution is 2.30. The molecule has 0 saturated heterocycles. The molecule has 0 spiro atoms. The molecule has 1 saturated carbocycles. The van der Waals surface area contributed by atoms with Crippen LogP contribution in [0.3, 0.4) is 0 Å². The van der Waals surface area contributed by atoms with Crippen molar-refractivity contribution in [3.05, 3.63) is 78.6 Å². The molecule has 34 heavy (non-hydrogen) atoms. The van der Waals surface area contributed by atoms with Crippen LogP contribution in [0.2, 0.25) is 0 Å². The molecular formula is C28H28N4O2. The number of aromatic nitrogens is 2. The van der Waals surface area contributed by atoms with E-state index in [0.29, 0.717) is 11.4 Å². The predicted octanol–water partition coefficient (Wildman–Crippen LogP) is 6.25. The Morgan fingerprint density at radius 2 is 1.65 bits per heavy atom. The van der Waals surface area contributed by atoms with E-state index >= 15 is 0 Å². The normalized spacial score (nSPS) is 17.9. The first-order valence-corrected chi connectivity index (χ1v) is 11.8. The molecule has 2 heterocycles. The lowest BCUT2D eigenvalue weighted by atomic mass is 9.82. The van der Waals surface area contributed by atoms with E-state index < -0.39 is 0 Å². The molecular weight excluding hydrogens is 424 g/mol. The molecule has 2 aromatic heterocycles. The third-order valence-corrected chi connectivity index (χ3v) is 6.63. The van der Waals surface area contributed by atoms with E-state index in [2.05, 4.69) is 33.6 Å². The third kappa shape index (κ3) is 4.86. The number of nitrogens with zero attached hydrogens (tertiary/aromatic N) is 1. The molecule has 6 nitrogen and oxygen atoms in total. The Labute approximate surface area is 198 Å². The SMILES string of the molecule is CC1CCC(C(=O)Nc2ccc3[nH]c(-c4ccc(NC(=O)c5ccccn5)cc4)cc3c2)CC1. The number of anilines is 2. The van der Waals surface area contributed by atoms with Gasteiger partial charge in [0.25, 0.3) is 5.91 Å². The van der Waals surface area contributed by atoms with Crippen LogP contribution in [-0.2, 0) is 4.79 Å². The van der Waals surface area contributed by atoms with Gasteiger partial charge < -0.3 is 15.6 Å². The van der Waals surface area contributed by atoms with E-state index in [0.717, 1.165) is 59.4 Å². The van der Waals surface area contributed by atoms with Gasteiger partial charge in [0.1, 0.15) is 5.69 Å². The molecule has 4 aromatic rings. The number of nitrogens with one attached hydrogen (secondary N) is 3. The maximum Gasteiger partial charge on any atom is 0.274 e. The van der Waals surface area contributed by atoms with Gasteiger partial charge in [0.15, 0.2) is 0 Å². The molecule has 2 amide bonds. The number of H-pyrrole nitrogens is 1. The summed E-state index contributed by atoms with van der Waals surface area (Å²) in [6, 6.07) is 21.0. The number of fused-ring (bicyclic) bond motifs is 1. The van der Waals surface area contributed by atoms with Crippen molar-refractivity contribution in [2.24, 2.45) is 11.8 Å². The largest absolute Gasteiger partial charge is 0.355 e. The average molecular weight is 453 g/mol. The summed E-state index contributed by atoms with van der Waals surface area (Å²) in [6.07, 6.45) is 5.80. The Bertz CT molecular complexity index is 1300. The molecule has 5 rings (SSSR count). The monoisotopic (exact) mass is 452 g/mol. The molecule has 1 aliphatic carbocycles. The highest BCUT2D eigenvalue weighted by Gasteiger charge is 2.24. The number of hydrogen-bond acceptors (Lipinski definition) is 3.